The van der Waals surface area contributed by atoms with Crippen LogP contribution in [0.5, 0.6) is 11.5 Å². The Kier molecular flexibility index (Phi) is 5.58. The van der Waals surface area contributed by atoms with Gasteiger partial charge in [0.25, 0.3) is 15.9 Å². The van der Waals surface area contributed by atoms with Crippen LogP contribution in [0.4, 0.5) is 4.79 Å². The number of hydrogen-bond acceptors (Lipinski definition) is 8. The van der Waals surface area contributed by atoms with Crippen LogP contribution < -0.4 is 9.57 Å². The van der Waals surface area contributed by atoms with Gasteiger partial charge in [-0.1, -0.05) is 16.4 Å². The Morgan fingerprint density at radius 2 is 1.71 bits per heavy atom. The first kappa shape index (κ1) is 21.1. The fourth-order valence-electron chi connectivity index (χ4n) is 3.02. The molecule has 1 fully saturated rings. The molecule has 162 valence electrons. The molecule has 1 heterocycles. The third-order valence-corrected chi connectivity index (χ3v) is 6.05. The monoisotopic (exact) mass is 466 g/mol. The summed E-state index contributed by atoms with van der Waals surface area (Å²) in [4.78, 5) is 24.9. The van der Waals surface area contributed by atoms with Crippen LogP contribution in [-0.4, -0.2) is 43.1 Å². The van der Waals surface area contributed by atoms with Crippen LogP contribution in [0.2, 0.25) is 5.02 Å². The predicted octanol–water partition coefficient (Wildman–Crippen LogP) is 2.78. The standard InChI is InChI=1S/C19H15ClN2O8S/c20-12-1-3-13(4-2-12)28-14-5-7-15(8-6-14)31(26,27)21-22(25)18(23)11-9-16-17(10-11)30-19(24)29-16/h1-9,16-17,21,25H,10H2. The van der Waals surface area contributed by atoms with E-state index in [9.17, 15) is 23.2 Å². The van der Waals surface area contributed by atoms with Gasteiger partial charge < -0.3 is 14.2 Å². The van der Waals surface area contributed by atoms with Crippen molar-refractivity contribution in [2.45, 2.75) is 23.5 Å². The van der Waals surface area contributed by atoms with Crippen LogP contribution in [0.1, 0.15) is 6.42 Å². The largest absolute Gasteiger partial charge is 0.509 e. The zero-order valence-corrected chi connectivity index (χ0v) is 17.2. The molecule has 0 saturated carbocycles. The molecule has 31 heavy (non-hydrogen) atoms. The lowest BCUT2D eigenvalue weighted by Crippen LogP contribution is -2.44. The topological polar surface area (TPSA) is 131 Å². The van der Waals surface area contributed by atoms with Gasteiger partial charge in [0, 0.05) is 17.0 Å². The van der Waals surface area contributed by atoms with Gasteiger partial charge in [-0.3, -0.25) is 10.0 Å². The van der Waals surface area contributed by atoms with E-state index in [-0.39, 0.29) is 22.1 Å². The lowest BCUT2D eigenvalue weighted by atomic mass is 10.2. The van der Waals surface area contributed by atoms with Crippen molar-refractivity contribution in [3.8, 4) is 11.5 Å². The van der Waals surface area contributed by atoms with Crippen LogP contribution >= 0.6 is 11.6 Å². The first-order chi connectivity index (χ1) is 14.7. The number of carbonyl (C=O) groups excluding carboxylic acids is 2. The molecule has 2 aromatic carbocycles. The van der Waals surface area contributed by atoms with Gasteiger partial charge in [0.1, 0.15) is 11.5 Å². The minimum atomic E-state index is -4.27. The smallest absolute Gasteiger partial charge is 0.457 e. The van der Waals surface area contributed by atoms with E-state index in [1.165, 1.54) is 30.3 Å². The van der Waals surface area contributed by atoms with Crippen molar-refractivity contribution in [3.05, 3.63) is 65.2 Å². The van der Waals surface area contributed by atoms with Crippen LogP contribution in [0, 0.1) is 0 Å². The van der Waals surface area contributed by atoms with Gasteiger partial charge in [-0.25, -0.2) is 13.2 Å². The zero-order valence-electron chi connectivity index (χ0n) is 15.6. The maximum Gasteiger partial charge on any atom is 0.509 e. The fourth-order valence-corrected chi connectivity index (χ4v) is 4.05. The molecule has 0 bridgehead atoms. The molecule has 12 heteroatoms. The first-order valence-electron chi connectivity index (χ1n) is 8.88. The van der Waals surface area contributed by atoms with Crippen LogP contribution in [0.3, 0.4) is 0 Å². The van der Waals surface area contributed by atoms with Crippen molar-refractivity contribution in [2.75, 3.05) is 0 Å². The van der Waals surface area contributed by atoms with Crippen molar-refractivity contribution in [2.24, 2.45) is 0 Å². The van der Waals surface area contributed by atoms with Crippen LogP contribution in [-0.2, 0) is 24.3 Å². The van der Waals surface area contributed by atoms with Gasteiger partial charge in [0.2, 0.25) is 0 Å². The van der Waals surface area contributed by atoms with E-state index in [4.69, 9.17) is 25.8 Å². The average Bonchev–Trinajstić information content (AvgIpc) is 3.26. The minimum absolute atomic E-state index is 0.00917. The summed E-state index contributed by atoms with van der Waals surface area (Å²) in [6, 6.07) is 11.9. The Bertz CT molecular complexity index is 1150. The number of amides is 1. The second-order valence-corrected chi connectivity index (χ2v) is 8.72. The van der Waals surface area contributed by atoms with Gasteiger partial charge in [0.05, 0.1) is 4.90 Å². The summed E-state index contributed by atoms with van der Waals surface area (Å²) in [6.07, 6.45) is -0.972. The highest BCUT2D eigenvalue weighted by atomic mass is 35.5. The number of halogens is 1. The maximum absolute atomic E-state index is 12.5. The molecule has 0 spiro atoms. The molecule has 2 unspecified atom stereocenters. The van der Waals surface area contributed by atoms with Gasteiger partial charge in [0.15, 0.2) is 12.2 Å². The highest BCUT2D eigenvalue weighted by Gasteiger charge is 2.43. The Balaban J connectivity index is 1.40. The second kappa shape index (κ2) is 8.19. The van der Waals surface area contributed by atoms with E-state index < -0.39 is 34.3 Å². The molecule has 1 aliphatic heterocycles. The lowest BCUT2D eigenvalue weighted by Gasteiger charge is -2.17. The summed E-state index contributed by atoms with van der Waals surface area (Å²) in [6.45, 7) is 0. The quantitative estimate of drug-likeness (QED) is 0.377. The number of fused-ring (bicyclic) bond motifs is 1. The van der Waals surface area contributed by atoms with E-state index >= 15 is 0 Å². The number of rotatable bonds is 6. The van der Waals surface area contributed by atoms with Gasteiger partial charge in [-0.05, 0) is 54.6 Å². The minimum Gasteiger partial charge on any atom is -0.457 e. The number of carbonyl (C=O) groups is 2. The molecule has 1 amide bonds. The molecule has 0 aromatic heterocycles. The Hall–Kier alpha value is -3.12. The summed E-state index contributed by atoms with van der Waals surface area (Å²) in [5.74, 6) is -0.134. The molecule has 2 atom stereocenters. The van der Waals surface area contributed by atoms with Crippen molar-refractivity contribution in [1.82, 2.24) is 10.0 Å². The molecular weight excluding hydrogens is 452 g/mol. The van der Waals surface area contributed by atoms with Gasteiger partial charge in [-0.15, -0.1) is 5.17 Å². The molecule has 4 rings (SSSR count). The van der Waals surface area contributed by atoms with E-state index in [1.54, 1.807) is 29.1 Å². The zero-order chi connectivity index (χ0) is 22.2. The Morgan fingerprint density at radius 1 is 1.10 bits per heavy atom. The third kappa shape index (κ3) is 4.64. The van der Waals surface area contributed by atoms with Crippen molar-refractivity contribution in [1.29, 1.82) is 0 Å². The summed E-state index contributed by atoms with van der Waals surface area (Å²) in [5.41, 5.74) is 0.0411. The summed E-state index contributed by atoms with van der Waals surface area (Å²) >= 11 is 5.81. The predicted molar refractivity (Wildman–Crippen MR) is 105 cm³/mol. The van der Waals surface area contributed by atoms with Crippen LogP contribution in [0.25, 0.3) is 0 Å². The number of ether oxygens (including phenoxy) is 3. The summed E-state index contributed by atoms with van der Waals surface area (Å²) in [7, 11) is -4.27. The molecule has 1 aliphatic carbocycles. The first-order valence-corrected chi connectivity index (χ1v) is 10.7. The fraction of sp³-hybridized carbons (Fsp3) is 0.158. The number of sulfonamides is 1. The molecular formula is C19H15ClN2O8S. The number of hydroxylamine groups is 1. The number of benzene rings is 2. The molecule has 10 nitrogen and oxygen atoms in total. The molecule has 2 aliphatic rings. The highest BCUT2D eigenvalue weighted by molar-refractivity contribution is 7.89. The van der Waals surface area contributed by atoms with Crippen molar-refractivity contribution < 1.29 is 37.4 Å². The number of hydrogen-bond donors (Lipinski definition) is 2. The van der Waals surface area contributed by atoms with Crippen LogP contribution in [0.15, 0.2) is 65.1 Å². The van der Waals surface area contributed by atoms with E-state index in [0.717, 1.165) is 0 Å². The molecule has 1 saturated heterocycles. The second-order valence-electron chi connectivity index (χ2n) is 6.62. The maximum atomic E-state index is 12.5. The molecule has 0 radical (unpaired) electrons. The van der Waals surface area contributed by atoms with Crippen molar-refractivity contribution >= 4 is 33.7 Å². The van der Waals surface area contributed by atoms with Gasteiger partial charge in [-0.2, -0.15) is 0 Å². The lowest BCUT2D eigenvalue weighted by molar-refractivity contribution is -0.167. The van der Waals surface area contributed by atoms with E-state index in [1.807, 2.05) is 0 Å². The molecule has 2 aromatic rings. The van der Waals surface area contributed by atoms with E-state index in [0.29, 0.717) is 16.5 Å². The van der Waals surface area contributed by atoms with Crippen molar-refractivity contribution in [3.63, 3.8) is 0 Å². The SMILES string of the molecule is O=C1OC2C=C(C(=O)N(O)NS(=O)(=O)c3ccc(Oc4ccc(Cl)cc4)cc3)CC2O1. The summed E-state index contributed by atoms with van der Waals surface area (Å²) < 4.78 is 40.2. The number of nitrogens with zero attached hydrogens (tertiary/aromatic N) is 1. The van der Waals surface area contributed by atoms with Gasteiger partial charge >= 0.3 is 6.16 Å². The Labute approximate surface area is 181 Å². The summed E-state index contributed by atoms with van der Waals surface area (Å²) in [5, 5.41) is 10.3. The number of nitrogens with one attached hydrogen (secondary N) is 1. The Morgan fingerprint density at radius 3 is 2.32 bits per heavy atom. The molecule has 2 N–H and O–H groups in total. The average molecular weight is 467 g/mol. The number of hydrazine groups is 1. The normalized spacial score (nSPS) is 19.8. The third-order valence-electron chi connectivity index (χ3n) is 4.49. The van der Waals surface area contributed by atoms with E-state index in [2.05, 4.69) is 0 Å². The highest BCUT2D eigenvalue weighted by Crippen LogP contribution is 2.31.